The molecule has 21 heavy (non-hydrogen) atoms. The van der Waals surface area contributed by atoms with Gasteiger partial charge in [0.2, 0.25) is 0 Å². The molecule has 0 unspecified atom stereocenters. The van der Waals surface area contributed by atoms with Crippen molar-refractivity contribution < 1.29 is 4.79 Å². The monoisotopic (exact) mass is 299 g/mol. The maximum absolute atomic E-state index is 12.0. The highest BCUT2D eigenvalue weighted by Crippen LogP contribution is 2.32. The molecule has 3 aromatic rings. The average molecular weight is 299 g/mol. The molecule has 0 radical (unpaired) electrons. The number of carbonyl (C=O) groups excluding carboxylic acids is 1. The van der Waals surface area contributed by atoms with E-state index in [0.29, 0.717) is 17.1 Å². The fraction of sp³-hybridized carbons (Fsp3) is 0.267. The van der Waals surface area contributed by atoms with Gasteiger partial charge in [0.25, 0.3) is 5.56 Å². The van der Waals surface area contributed by atoms with Crippen LogP contribution < -0.4 is 5.56 Å². The van der Waals surface area contributed by atoms with Crippen molar-refractivity contribution in [1.82, 2.24) is 14.5 Å². The van der Waals surface area contributed by atoms with Gasteiger partial charge in [-0.15, -0.1) is 11.3 Å². The van der Waals surface area contributed by atoms with Gasteiger partial charge in [0.15, 0.2) is 5.78 Å². The van der Waals surface area contributed by atoms with E-state index in [1.165, 1.54) is 11.3 Å². The van der Waals surface area contributed by atoms with Crippen LogP contribution in [0.15, 0.2) is 34.7 Å². The second-order valence-corrected chi connectivity index (χ2v) is 6.27. The molecule has 106 valence electrons. The highest BCUT2D eigenvalue weighted by Gasteiger charge is 2.30. The van der Waals surface area contributed by atoms with Gasteiger partial charge in [0.1, 0.15) is 10.5 Å². The first-order chi connectivity index (χ1) is 10.2. The van der Waals surface area contributed by atoms with Crippen molar-refractivity contribution in [1.29, 1.82) is 0 Å². The largest absolute Gasteiger partial charge is 0.346 e. The van der Waals surface area contributed by atoms with Crippen molar-refractivity contribution in [3.63, 3.8) is 0 Å². The average Bonchev–Trinajstić information content (AvgIpc) is 3.01. The van der Waals surface area contributed by atoms with Crippen LogP contribution in [-0.2, 0) is 6.54 Å². The predicted molar refractivity (Wildman–Crippen MR) is 80.8 cm³/mol. The molecule has 1 aliphatic carbocycles. The van der Waals surface area contributed by atoms with Gasteiger partial charge in [-0.3, -0.25) is 9.59 Å². The summed E-state index contributed by atoms with van der Waals surface area (Å²) in [6, 6.07) is 3.68. The molecule has 6 heteroatoms. The number of H-pyrrole nitrogens is 1. The third-order valence-electron chi connectivity index (χ3n) is 3.68. The van der Waals surface area contributed by atoms with Crippen LogP contribution in [0.1, 0.15) is 29.0 Å². The molecule has 1 saturated carbocycles. The zero-order chi connectivity index (χ0) is 14.4. The van der Waals surface area contributed by atoms with Crippen LogP contribution in [0.3, 0.4) is 0 Å². The zero-order valence-corrected chi connectivity index (χ0v) is 12.0. The summed E-state index contributed by atoms with van der Waals surface area (Å²) in [4.78, 5) is 31.1. The standard InChI is InChI=1S/C15H13N3O2S/c19-13(9-1-2-9)10-3-5-18(7-10)8-12-16-11-4-6-21-14(11)15(20)17-12/h3-7,9H,1-2,8H2,(H,16,17,20). The molecule has 0 bridgehead atoms. The van der Waals surface area contributed by atoms with Crippen LogP contribution in [-0.4, -0.2) is 20.3 Å². The van der Waals surface area contributed by atoms with Crippen molar-refractivity contribution >= 4 is 27.3 Å². The number of thiophene rings is 1. The van der Waals surface area contributed by atoms with Crippen molar-refractivity contribution in [2.75, 3.05) is 0 Å². The Morgan fingerprint density at radius 1 is 1.43 bits per heavy atom. The van der Waals surface area contributed by atoms with Crippen LogP contribution >= 0.6 is 11.3 Å². The molecule has 0 aliphatic heterocycles. The number of carbonyl (C=O) groups is 1. The van der Waals surface area contributed by atoms with E-state index in [1.807, 2.05) is 34.5 Å². The summed E-state index contributed by atoms with van der Waals surface area (Å²) in [6.07, 6.45) is 5.70. The number of aromatic nitrogens is 3. The predicted octanol–water partition coefficient (Wildman–Crippen LogP) is 2.43. The molecule has 1 fully saturated rings. The summed E-state index contributed by atoms with van der Waals surface area (Å²) in [6.45, 7) is 0.457. The molecular weight excluding hydrogens is 286 g/mol. The maximum atomic E-state index is 12.0. The van der Waals surface area contributed by atoms with Crippen LogP contribution in [0.4, 0.5) is 0 Å². The highest BCUT2D eigenvalue weighted by atomic mass is 32.1. The molecule has 4 rings (SSSR count). The molecule has 1 aliphatic rings. The molecular formula is C15H13N3O2S. The normalized spacial score (nSPS) is 14.7. The van der Waals surface area contributed by atoms with E-state index in [9.17, 15) is 9.59 Å². The Hall–Kier alpha value is -2.21. The minimum Gasteiger partial charge on any atom is -0.346 e. The van der Waals surface area contributed by atoms with Gasteiger partial charge < -0.3 is 9.55 Å². The highest BCUT2D eigenvalue weighted by molar-refractivity contribution is 7.17. The number of fused-ring (bicyclic) bond motifs is 1. The molecule has 3 heterocycles. The van der Waals surface area contributed by atoms with Crippen LogP contribution in [0, 0.1) is 5.92 Å². The number of ketones is 1. The van der Waals surface area contributed by atoms with E-state index < -0.39 is 0 Å². The summed E-state index contributed by atoms with van der Waals surface area (Å²) in [5.74, 6) is 1.05. The van der Waals surface area contributed by atoms with E-state index in [-0.39, 0.29) is 17.3 Å². The van der Waals surface area contributed by atoms with E-state index in [1.54, 1.807) is 0 Å². The van der Waals surface area contributed by atoms with Crippen molar-refractivity contribution in [2.24, 2.45) is 5.92 Å². The lowest BCUT2D eigenvalue weighted by Crippen LogP contribution is -2.12. The summed E-state index contributed by atoms with van der Waals surface area (Å²) in [5, 5.41) is 1.86. The molecule has 5 nitrogen and oxygen atoms in total. The second kappa shape index (κ2) is 4.66. The Balaban J connectivity index is 1.62. The summed E-state index contributed by atoms with van der Waals surface area (Å²) < 4.78 is 2.53. The third-order valence-corrected chi connectivity index (χ3v) is 4.58. The Morgan fingerprint density at radius 3 is 3.10 bits per heavy atom. The number of aromatic amines is 1. The van der Waals surface area contributed by atoms with Gasteiger partial charge in [-0.25, -0.2) is 4.98 Å². The van der Waals surface area contributed by atoms with Crippen LogP contribution in [0.2, 0.25) is 0 Å². The Bertz CT molecular complexity index is 886. The first kappa shape index (κ1) is 12.5. The second-order valence-electron chi connectivity index (χ2n) is 5.36. The number of hydrogen-bond donors (Lipinski definition) is 1. The van der Waals surface area contributed by atoms with E-state index in [0.717, 1.165) is 23.9 Å². The van der Waals surface area contributed by atoms with Crippen LogP contribution in [0.25, 0.3) is 10.2 Å². The van der Waals surface area contributed by atoms with Crippen molar-refractivity contribution in [2.45, 2.75) is 19.4 Å². The van der Waals surface area contributed by atoms with Gasteiger partial charge in [0, 0.05) is 23.9 Å². The van der Waals surface area contributed by atoms with E-state index in [2.05, 4.69) is 9.97 Å². The SMILES string of the molecule is O=C(c1ccn(Cc2nc3ccsc3c(=O)[nH]2)c1)C1CC1. The first-order valence-electron chi connectivity index (χ1n) is 6.87. The summed E-state index contributed by atoms with van der Waals surface area (Å²) in [5.41, 5.74) is 1.36. The fourth-order valence-electron chi connectivity index (χ4n) is 2.44. The topological polar surface area (TPSA) is 67.8 Å². The molecule has 0 aromatic carbocycles. The zero-order valence-electron chi connectivity index (χ0n) is 11.2. The van der Waals surface area contributed by atoms with Crippen LogP contribution in [0.5, 0.6) is 0 Å². The number of hydrogen-bond acceptors (Lipinski definition) is 4. The molecule has 0 saturated heterocycles. The van der Waals surface area contributed by atoms with Gasteiger partial charge in [-0.1, -0.05) is 0 Å². The molecule has 0 amide bonds. The molecule has 1 N–H and O–H groups in total. The summed E-state index contributed by atoms with van der Waals surface area (Å²) in [7, 11) is 0. The smallest absolute Gasteiger partial charge is 0.268 e. The molecule has 3 aromatic heterocycles. The van der Waals surface area contributed by atoms with Crippen molar-refractivity contribution in [3.8, 4) is 0 Å². The number of nitrogens with one attached hydrogen (secondary N) is 1. The number of Topliss-reactive ketones (excluding diaryl/α,β-unsaturated/α-hetero) is 1. The van der Waals surface area contributed by atoms with E-state index in [4.69, 9.17) is 0 Å². The summed E-state index contributed by atoms with van der Waals surface area (Å²) >= 11 is 1.39. The number of rotatable bonds is 4. The molecule has 0 atom stereocenters. The first-order valence-corrected chi connectivity index (χ1v) is 7.75. The Labute approximate surface area is 124 Å². The van der Waals surface area contributed by atoms with Gasteiger partial charge in [-0.05, 0) is 30.4 Å². The lowest BCUT2D eigenvalue weighted by atomic mass is 10.1. The minimum absolute atomic E-state index is 0.105. The minimum atomic E-state index is -0.105. The lowest BCUT2D eigenvalue weighted by molar-refractivity contribution is 0.0967. The quantitative estimate of drug-likeness (QED) is 0.752. The van der Waals surface area contributed by atoms with Gasteiger partial charge in [-0.2, -0.15) is 0 Å². The maximum Gasteiger partial charge on any atom is 0.268 e. The fourth-order valence-corrected chi connectivity index (χ4v) is 3.16. The molecule has 0 spiro atoms. The Morgan fingerprint density at radius 2 is 2.29 bits per heavy atom. The van der Waals surface area contributed by atoms with Gasteiger partial charge >= 0.3 is 0 Å². The third kappa shape index (κ3) is 2.31. The van der Waals surface area contributed by atoms with E-state index >= 15 is 0 Å². The van der Waals surface area contributed by atoms with Crippen molar-refractivity contribution in [3.05, 3.63) is 51.6 Å². The lowest BCUT2D eigenvalue weighted by Gasteiger charge is -2.02. The van der Waals surface area contributed by atoms with Gasteiger partial charge in [0.05, 0.1) is 12.1 Å². The Kier molecular flexibility index (Phi) is 2.78. The number of nitrogens with zero attached hydrogens (tertiary/aromatic N) is 2.